The van der Waals surface area contributed by atoms with Crippen molar-refractivity contribution in [3.05, 3.63) is 88.8 Å². The number of para-hydroxylation sites is 2. The highest BCUT2D eigenvalue weighted by Gasteiger charge is 2.38. The predicted octanol–water partition coefficient (Wildman–Crippen LogP) is 3.68. The number of benzene rings is 2. The number of pyridine rings is 1. The number of nitrogens with zero attached hydrogens (tertiary/aromatic N) is 2. The molecule has 2 aromatic carbocycles. The molecule has 4 aromatic rings. The minimum Gasteiger partial charge on any atom is -0.493 e. The zero-order chi connectivity index (χ0) is 26.9. The second-order valence-electron chi connectivity index (χ2n) is 9.37. The first kappa shape index (κ1) is 25.4. The molecule has 5 rings (SSSR count). The van der Waals surface area contributed by atoms with Crippen LogP contribution in [0, 0.1) is 0 Å². The highest BCUT2D eigenvalue weighted by molar-refractivity contribution is 7.92. The first-order valence-corrected chi connectivity index (χ1v) is 13.4. The molecular weight excluding hydrogens is 506 g/mol. The summed E-state index contributed by atoms with van der Waals surface area (Å²) in [7, 11) is -2.68. The molecule has 1 unspecified atom stereocenters. The zero-order valence-electron chi connectivity index (χ0n) is 21.1. The topological polar surface area (TPSA) is 145 Å². The third-order valence-electron chi connectivity index (χ3n) is 6.48. The molecule has 1 atom stereocenters. The fourth-order valence-corrected chi connectivity index (χ4v) is 5.09. The third-order valence-corrected chi connectivity index (χ3v) is 7.84. The summed E-state index contributed by atoms with van der Waals surface area (Å²) in [5, 5.41) is 3.31. The van der Waals surface area contributed by atoms with E-state index in [1.807, 2.05) is 0 Å². The van der Waals surface area contributed by atoms with E-state index in [0.29, 0.717) is 17.5 Å². The highest BCUT2D eigenvalue weighted by atomic mass is 32.2. The van der Waals surface area contributed by atoms with Crippen LogP contribution in [0.3, 0.4) is 0 Å². The number of aromatic nitrogens is 3. The molecule has 3 N–H and O–H groups in total. The van der Waals surface area contributed by atoms with Crippen LogP contribution in [0.25, 0.3) is 11.5 Å². The normalized spacial score (nSPS) is 15.1. The molecule has 0 radical (unpaired) electrons. The second kappa shape index (κ2) is 9.92. The van der Waals surface area contributed by atoms with Gasteiger partial charge in [-0.1, -0.05) is 44.2 Å². The summed E-state index contributed by atoms with van der Waals surface area (Å²) in [6, 6.07) is 18.8. The van der Waals surface area contributed by atoms with E-state index in [1.165, 1.54) is 19.2 Å². The molecule has 1 aliphatic rings. The average Bonchev–Trinajstić information content (AvgIpc) is 3.78. The molecule has 2 aromatic heterocycles. The van der Waals surface area contributed by atoms with E-state index in [-0.39, 0.29) is 33.5 Å². The van der Waals surface area contributed by atoms with Gasteiger partial charge in [0.2, 0.25) is 5.75 Å². The summed E-state index contributed by atoms with van der Waals surface area (Å²) >= 11 is 0. The summed E-state index contributed by atoms with van der Waals surface area (Å²) in [5.74, 6) is 0.0309. The Morgan fingerprint density at radius 2 is 1.68 bits per heavy atom. The molecule has 1 fully saturated rings. The van der Waals surface area contributed by atoms with Crippen molar-refractivity contribution in [1.29, 1.82) is 0 Å². The Bertz CT molecular complexity index is 1620. The molecule has 1 aliphatic heterocycles. The number of rotatable bonds is 9. The van der Waals surface area contributed by atoms with Gasteiger partial charge < -0.3 is 19.8 Å². The first-order chi connectivity index (χ1) is 18.2. The SMILES string of the molecule is COc1ccccc1Oc1c(NS(=O)(=O)c2ccc(C(C)(C)C3CN3)cc2)nc(-c2ccccn2)[nH]c1=O. The fraction of sp³-hybridized carbons (Fsp3) is 0.222. The molecule has 38 heavy (non-hydrogen) atoms. The van der Waals surface area contributed by atoms with Gasteiger partial charge in [-0.25, -0.2) is 13.4 Å². The van der Waals surface area contributed by atoms with Crippen molar-refractivity contribution < 1.29 is 17.9 Å². The number of hydrogen-bond donors (Lipinski definition) is 3. The van der Waals surface area contributed by atoms with Crippen LogP contribution in [0.1, 0.15) is 19.4 Å². The van der Waals surface area contributed by atoms with Crippen molar-refractivity contribution in [2.75, 3.05) is 18.4 Å². The van der Waals surface area contributed by atoms with E-state index in [9.17, 15) is 13.2 Å². The largest absolute Gasteiger partial charge is 0.493 e. The van der Waals surface area contributed by atoms with E-state index in [2.05, 4.69) is 38.8 Å². The predicted molar refractivity (Wildman–Crippen MR) is 143 cm³/mol. The number of anilines is 1. The summed E-state index contributed by atoms with van der Waals surface area (Å²) in [6.07, 6.45) is 1.54. The van der Waals surface area contributed by atoms with Gasteiger partial charge in [-0.15, -0.1) is 0 Å². The smallest absolute Gasteiger partial charge is 0.296 e. The first-order valence-electron chi connectivity index (χ1n) is 11.9. The van der Waals surface area contributed by atoms with E-state index in [1.54, 1.807) is 60.8 Å². The molecule has 0 bridgehead atoms. The van der Waals surface area contributed by atoms with Crippen molar-refractivity contribution in [1.82, 2.24) is 20.3 Å². The van der Waals surface area contributed by atoms with Crippen LogP contribution in [-0.2, 0) is 15.4 Å². The van der Waals surface area contributed by atoms with E-state index >= 15 is 0 Å². The molecule has 196 valence electrons. The number of H-pyrrole nitrogens is 1. The van der Waals surface area contributed by atoms with Gasteiger partial charge in [0, 0.05) is 24.2 Å². The lowest BCUT2D eigenvalue weighted by atomic mass is 9.81. The lowest BCUT2D eigenvalue weighted by Crippen LogP contribution is -2.26. The standard InChI is InChI=1S/C27H27N5O5S/c1-27(2,22-16-29-22)17-11-13-18(14-12-17)38(34,35)32-25-23(37-21-10-5-4-9-20(21)36-3)26(33)31-24(30-25)19-8-6-7-15-28-19/h4-15,22,29H,16H2,1-3H3,(H2,30,31,32,33). The van der Waals surface area contributed by atoms with Crippen LogP contribution in [0.4, 0.5) is 5.82 Å². The minimum absolute atomic E-state index is 0.0190. The Balaban J connectivity index is 1.54. The Kier molecular flexibility index (Phi) is 6.64. The lowest BCUT2D eigenvalue weighted by molar-refractivity contribution is 0.377. The molecule has 11 heteroatoms. The van der Waals surface area contributed by atoms with Gasteiger partial charge in [-0.2, -0.15) is 0 Å². The van der Waals surface area contributed by atoms with E-state index < -0.39 is 15.6 Å². The maximum absolute atomic E-state index is 13.4. The van der Waals surface area contributed by atoms with Crippen molar-refractivity contribution in [2.45, 2.75) is 30.2 Å². The molecule has 0 aliphatic carbocycles. The Morgan fingerprint density at radius 1 is 1.00 bits per heavy atom. The molecule has 3 heterocycles. The van der Waals surface area contributed by atoms with Gasteiger partial charge in [0.15, 0.2) is 23.1 Å². The number of aromatic amines is 1. The average molecular weight is 534 g/mol. The van der Waals surface area contributed by atoms with Gasteiger partial charge in [-0.3, -0.25) is 14.5 Å². The monoisotopic (exact) mass is 533 g/mol. The quantitative estimate of drug-likeness (QED) is 0.276. The van der Waals surface area contributed by atoms with Crippen molar-refractivity contribution >= 4 is 15.8 Å². The van der Waals surface area contributed by atoms with Gasteiger partial charge in [-0.05, 0) is 42.0 Å². The van der Waals surface area contributed by atoms with Crippen molar-refractivity contribution in [3.8, 4) is 28.8 Å². The highest BCUT2D eigenvalue weighted by Crippen LogP contribution is 2.35. The number of hydrogen-bond acceptors (Lipinski definition) is 8. The summed E-state index contributed by atoms with van der Waals surface area (Å²) < 4.78 is 40.4. The summed E-state index contributed by atoms with van der Waals surface area (Å²) in [4.78, 5) is 24.4. The Morgan fingerprint density at radius 3 is 2.32 bits per heavy atom. The van der Waals surface area contributed by atoms with Crippen LogP contribution < -0.4 is 25.1 Å². The van der Waals surface area contributed by atoms with Crippen LogP contribution in [0.5, 0.6) is 17.2 Å². The van der Waals surface area contributed by atoms with Crippen molar-refractivity contribution in [3.63, 3.8) is 0 Å². The Labute approximate surface area is 220 Å². The van der Waals surface area contributed by atoms with Gasteiger partial charge in [0.1, 0.15) is 5.69 Å². The number of methoxy groups -OCH3 is 1. The summed E-state index contributed by atoms with van der Waals surface area (Å²) in [5.41, 5.74) is 0.531. The van der Waals surface area contributed by atoms with Crippen molar-refractivity contribution in [2.24, 2.45) is 0 Å². The maximum Gasteiger partial charge on any atom is 0.296 e. The minimum atomic E-state index is -4.14. The molecule has 10 nitrogen and oxygen atoms in total. The van der Waals surface area contributed by atoms with Gasteiger partial charge >= 0.3 is 0 Å². The van der Waals surface area contributed by atoms with Crippen LogP contribution >= 0.6 is 0 Å². The molecule has 0 saturated carbocycles. The second-order valence-corrected chi connectivity index (χ2v) is 11.1. The molecular formula is C27H27N5O5S. The molecule has 0 amide bonds. The van der Waals surface area contributed by atoms with E-state index in [4.69, 9.17) is 9.47 Å². The van der Waals surface area contributed by atoms with Gasteiger partial charge in [0.25, 0.3) is 15.6 Å². The van der Waals surface area contributed by atoms with Crippen LogP contribution in [0.2, 0.25) is 0 Å². The maximum atomic E-state index is 13.4. The number of sulfonamides is 1. The third kappa shape index (κ3) is 5.11. The summed E-state index contributed by atoms with van der Waals surface area (Å²) in [6.45, 7) is 5.15. The lowest BCUT2D eigenvalue weighted by Gasteiger charge is -2.24. The van der Waals surface area contributed by atoms with Crippen LogP contribution in [0.15, 0.2) is 82.6 Å². The number of nitrogens with one attached hydrogen (secondary N) is 3. The Hall–Kier alpha value is -4.22. The fourth-order valence-electron chi connectivity index (χ4n) is 4.08. The number of ether oxygens (including phenoxy) is 2. The zero-order valence-corrected chi connectivity index (χ0v) is 21.9. The van der Waals surface area contributed by atoms with Crippen LogP contribution in [-0.4, -0.2) is 43.1 Å². The van der Waals surface area contributed by atoms with E-state index in [0.717, 1.165) is 12.1 Å². The van der Waals surface area contributed by atoms with Gasteiger partial charge in [0.05, 0.1) is 12.0 Å². The molecule has 1 saturated heterocycles. The molecule has 0 spiro atoms.